The lowest BCUT2D eigenvalue weighted by molar-refractivity contribution is -0.277. The number of allylic oxidation sites excluding steroid dienone is 1. The van der Waals surface area contributed by atoms with Crippen molar-refractivity contribution in [1.82, 2.24) is 0 Å². The Hall–Kier alpha value is -2.47. The molecule has 5 N–H and O–H groups in total. The summed E-state index contributed by atoms with van der Waals surface area (Å²) >= 11 is 0. The van der Waals surface area contributed by atoms with Crippen LogP contribution in [-0.4, -0.2) is 75.6 Å². The molecule has 10 nitrogen and oxygen atoms in total. The molecule has 0 radical (unpaired) electrons. The van der Waals surface area contributed by atoms with Gasteiger partial charge in [-0.1, -0.05) is 18.6 Å². The number of aliphatic hydroxyl groups is 5. The predicted molar refractivity (Wildman–Crippen MR) is 129 cm³/mol. The van der Waals surface area contributed by atoms with E-state index in [4.69, 9.17) is 18.6 Å². The fourth-order valence-electron chi connectivity index (χ4n) is 4.96. The summed E-state index contributed by atoms with van der Waals surface area (Å²) in [7, 11) is 0. The maximum Gasteiger partial charge on any atom is 0.343 e. The molecule has 1 saturated heterocycles. The summed E-state index contributed by atoms with van der Waals surface area (Å²) in [6.45, 7) is 6.95. The van der Waals surface area contributed by atoms with Crippen molar-refractivity contribution in [2.24, 2.45) is 0 Å². The fraction of sp³-hybridized carbons (Fsp3) is 0.577. The maximum atomic E-state index is 13.2. The lowest BCUT2D eigenvalue weighted by Crippen LogP contribution is -2.60. The van der Waals surface area contributed by atoms with Gasteiger partial charge in [0, 0.05) is 11.5 Å². The number of fused-ring (bicyclic) bond motifs is 3. The van der Waals surface area contributed by atoms with Crippen LogP contribution < -0.4 is 15.1 Å². The lowest BCUT2D eigenvalue weighted by Gasteiger charge is -2.39. The smallest absolute Gasteiger partial charge is 0.343 e. The first-order valence-corrected chi connectivity index (χ1v) is 12.0. The topological polar surface area (TPSA) is 159 Å². The third-order valence-corrected chi connectivity index (χ3v) is 7.40. The molecule has 0 bridgehead atoms. The highest BCUT2D eigenvalue weighted by atomic mass is 16.7. The molecule has 4 rings (SSSR count). The van der Waals surface area contributed by atoms with Gasteiger partial charge in [0.1, 0.15) is 47.6 Å². The van der Waals surface area contributed by atoms with Crippen LogP contribution in [-0.2, 0) is 10.2 Å². The monoisotopic (exact) mass is 506 g/mol. The van der Waals surface area contributed by atoms with Gasteiger partial charge in [0.05, 0.1) is 24.2 Å². The zero-order valence-electron chi connectivity index (χ0n) is 20.8. The number of ether oxygens (including phenoxy) is 3. The Bertz CT molecular complexity index is 1200. The predicted octanol–water partition coefficient (Wildman–Crippen LogP) is 1.04. The van der Waals surface area contributed by atoms with E-state index in [1.807, 2.05) is 26.8 Å². The minimum absolute atomic E-state index is 0.0150. The quantitative estimate of drug-likeness (QED) is 0.271. The van der Waals surface area contributed by atoms with E-state index in [0.717, 1.165) is 5.57 Å². The summed E-state index contributed by atoms with van der Waals surface area (Å²) in [6.07, 6.45) is -4.16. The van der Waals surface area contributed by atoms with Gasteiger partial charge in [-0.2, -0.15) is 0 Å². The summed E-state index contributed by atoms with van der Waals surface area (Å²) in [5, 5.41) is 49.6. The summed E-state index contributed by atoms with van der Waals surface area (Å²) in [5.41, 5.74) is 1.15. The Balaban J connectivity index is 1.68. The molecule has 1 aromatic heterocycles. The number of rotatable bonds is 7. The van der Waals surface area contributed by atoms with Gasteiger partial charge in [0.25, 0.3) is 0 Å². The van der Waals surface area contributed by atoms with Crippen molar-refractivity contribution in [1.29, 1.82) is 0 Å². The number of hydrogen-bond donors (Lipinski definition) is 5. The Kier molecular flexibility index (Phi) is 7.47. The molecule has 2 aliphatic heterocycles. The van der Waals surface area contributed by atoms with Crippen LogP contribution in [0.15, 0.2) is 33.0 Å². The van der Waals surface area contributed by atoms with Gasteiger partial charge < -0.3 is 44.2 Å². The van der Waals surface area contributed by atoms with Crippen LogP contribution in [0, 0.1) is 6.92 Å². The molecule has 7 atom stereocenters. The highest BCUT2D eigenvalue weighted by molar-refractivity contribution is 5.90. The molecule has 2 aromatic rings. The second-order valence-corrected chi connectivity index (χ2v) is 9.95. The van der Waals surface area contributed by atoms with Gasteiger partial charge in [0.2, 0.25) is 6.29 Å². The Morgan fingerprint density at radius 1 is 1.17 bits per heavy atom. The van der Waals surface area contributed by atoms with Gasteiger partial charge in [-0.25, -0.2) is 4.79 Å². The zero-order chi connectivity index (χ0) is 26.4. The average molecular weight is 507 g/mol. The van der Waals surface area contributed by atoms with E-state index in [1.54, 1.807) is 13.0 Å². The first-order valence-electron chi connectivity index (χ1n) is 12.0. The average Bonchev–Trinajstić information content (AvgIpc) is 3.09. The minimum atomic E-state index is -1.58. The molecule has 1 aromatic carbocycles. The van der Waals surface area contributed by atoms with Crippen LogP contribution in [0.5, 0.6) is 11.5 Å². The normalized spacial score (nSPS) is 32.4. The zero-order valence-corrected chi connectivity index (χ0v) is 20.8. The molecule has 0 amide bonds. The third kappa shape index (κ3) is 4.53. The largest absolute Gasteiger partial charge is 0.488 e. The maximum absolute atomic E-state index is 13.2. The van der Waals surface area contributed by atoms with Gasteiger partial charge in [-0.3, -0.25) is 0 Å². The molecule has 10 heteroatoms. The molecular formula is C26H34O10. The number of aliphatic hydroxyl groups excluding tert-OH is 5. The van der Waals surface area contributed by atoms with E-state index < -0.39 is 48.4 Å². The van der Waals surface area contributed by atoms with Crippen LogP contribution in [0.2, 0.25) is 0 Å². The first kappa shape index (κ1) is 26.6. The molecule has 198 valence electrons. The first-order chi connectivity index (χ1) is 17.0. The molecule has 2 aliphatic rings. The van der Waals surface area contributed by atoms with Crippen molar-refractivity contribution >= 4 is 11.0 Å². The minimum Gasteiger partial charge on any atom is -0.488 e. The Morgan fingerprint density at radius 2 is 1.89 bits per heavy atom. The highest BCUT2D eigenvalue weighted by Crippen LogP contribution is 2.48. The summed E-state index contributed by atoms with van der Waals surface area (Å²) in [4.78, 5) is 13.2. The number of aryl methyl sites for hydroxylation is 1. The van der Waals surface area contributed by atoms with E-state index >= 15 is 0 Å². The summed E-state index contributed by atoms with van der Waals surface area (Å²) in [5.74, 6) is 0.668. The second kappa shape index (κ2) is 10.1. The molecule has 0 spiro atoms. The van der Waals surface area contributed by atoms with Crippen LogP contribution in [0.25, 0.3) is 11.0 Å². The van der Waals surface area contributed by atoms with Gasteiger partial charge in [0.15, 0.2) is 0 Å². The summed E-state index contributed by atoms with van der Waals surface area (Å²) in [6, 6.07) is 3.14. The van der Waals surface area contributed by atoms with E-state index in [1.165, 1.54) is 6.07 Å². The highest BCUT2D eigenvalue weighted by Gasteiger charge is 2.47. The molecule has 36 heavy (non-hydrogen) atoms. The molecule has 0 aliphatic carbocycles. The fourth-order valence-corrected chi connectivity index (χ4v) is 4.96. The van der Waals surface area contributed by atoms with Crippen LogP contribution in [0.3, 0.4) is 0 Å². The molecule has 3 heterocycles. The van der Waals surface area contributed by atoms with E-state index in [2.05, 4.69) is 0 Å². The van der Waals surface area contributed by atoms with Gasteiger partial charge in [-0.15, -0.1) is 0 Å². The molecular weight excluding hydrogens is 472 g/mol. The van der Waals surface area contributed by atoms with Crippen molar-refractivity contribution in [3.8, 4) is 11.5 Å². The van der Waals surface area contributed by atoms with Gasteiger partial charge >= 0.3 is 5.63 Å². The Labute approximate surface area is 208 Å². The van der Waals surface area contributed by atoms with Crippen molar-refractivity contribution in [3.63, 3.8) is 0 Å². The van der Waals surface area contributed by atoms with Gasteiger partial charge in [-0.05, 0) is 45.2 Å². The number of benzene rings is 1. The third-order valence-electron chi connectivity index (χ3n) is 7.40. The van der Waals surface area contributed by atoms with Crippen LogP contribution in [0.1, 0.15) is 44.7 Å². The lowest BCUT2D eigenvalue weighted by atomic mass is 9.76. The number of hydrogen-bond acceptors (Lipinski definition) is 10. The Morgan fingerprint density at radius 3 is 2.56 bits per heavy atom. The molecule has 1 unspecified atom stereocenters. The van der Waals surface area contributed by atoms with Crippen LogP contribution in [0.4, 0.5) is 0 Å². The van der Waals surface area contributed by atoms with Crippen molar-refractivity contribution in [2.45, 2.75) is 82.8 Å². The van der Waals surface area contributed by atoms with Crippen molar-refractivity contribution in [2.75, 3.05) is 13.2 Å². The van der Waals surface area contributed by atoms with Crippen LogP contribution >= 0.6 is 0 Å². The SMILES string of the molecule is C/C(=C/CCC1(C)c2c(c3c(C)cc(O[C@@H]4O[C@H](CO)[C@@H](O)[C@H](O)[C@H]4O)cc3oc2=O)O[C@@H]1C)CO. The van der Waals surface area contributed by atoms with Crippen molar-refractivity contribution in [3.05, 3.63) is 45.3 Å². The second-order valence-electron chi connectivity index (χ2n) is 9.95. The van der Waals surface area contributed by atoms with E-state index in [-0.39, 0.29) is 24.0 Å². The molecule has 0 saturated carbocycles. The van der Waals surface area contributed by atoms with E-state index in [9.17, 15) is 30.3 Å². The molecule has 1 fully saturated rings. The summed E-state index contributed by atoms with van der Waals surface area (Å²) < 4.78 is 23.1. The van der Waals surface area contributed by atoms with E-state index in [0.29, 0.717) is 35.1 Å². The standard InChI is InChI=1S/C26H34O10/c1-12(10-27)6-5-7-26(4)14(3)33-23-18-13(2)8-15(9-16(18)35-24(32)19(23)26)34-25-22(31)21(30)20(29)17(11-28)36-25/h6,8-9,14,17,20-22,25,27-31H,5,7,10-11H2,1-4H3/b12-6-/t14-,17-,20-,21+,22-,25-,26?/m1/s1. The van der Waals surface area contributed by atoms with Crippen molar-refractivity contribution < 1.29 is 44.2 Å².